The predicted molar refractivity (Wildman–Crippen MR) is 113 cm³/mol. The fourth-order valence-corrected chi connectivity index (χ4v) is 4.73. The second-order valence-electron chi connectivity index (χ2n) is 6.08. The van der Waals surface area contributed by atoms with Crippen LogP contribution in [0.15, 0.2) is 47.4 Å². The summed E-state index contributed by atoms with van der Waals surface area (Å²) in [5, 5.41) is 3.29. The molecule has 1 heterocycles. The van der Waals surface area contributed by atoms with Crippen molar-refractivity contribution in [2.45, 2.75) is 25.2 Å². The number of rotatable bonds is 6. The Morgan fingerprint density at radius 2 is 1.90 bits per heavy atom. The van der Waals surface area contributed by atoms with Gasteiger partial charge in [0, 0.05) is 10.4 Å². The molecule has 0 unspecified atom stereocenters. The Morgan fingerprint density at radius 3 is 2.52 bits per heavy atom. The van der Waals surface area contributed by atoms with Crippen molar-refractivity contribution in [3.8, 4) is 0 Å². The Kier molecular flexibility index (Phi) is 6.21. The van der Waals surface area contributed by atoms with Crippen LogP contribution in [0.4, 0.5) is 15.2 Å². The van der Waals surface area contributed by atoms with Gasteiger partial charge in [0.25, 0.3) is 15.9 Å². The molecule has 0 radical (unpaired) electrons. The lowest BCUT2D eigenvalue weighted by molar-refractivity contribution is 0.102. The topological polar surface area (TPSA) is 88.2 Å². The van der Waals surface area contributed by atoms with Crippen LogP contribution in [0.3, 0.4) is 0 Å². The molecule has 0 aliphatic heterocycles. The molecule has 0 aliphatic carbocycles. The number of thiazole rings is 1. The molecule has 3 aromatic rings. The number of nitrogens with zero attached hydrogens (tertiary/aromatic N) is 1. The van der Waals surface area contributed by atoms with Crippen LogP contribution in [0.25, 0.3) is 0 Å². The summed E-state index contributed by atoms with van der Waals surface area (Å²) in [6.07, 6.45) is 0.758. The molecular formula is C19H17ClFN3O3S2. The van der Waals surface area contributed by atoms with Gasteiger partial charge in [-0.25, -0.2) is 17.8 Å². The molecule has 1 amide bonds. The zero-order valence-corrected chi connectivity index (χ0v) is 17.9. The monoisotopic (exact) mass is 453 g/mol. The summed E-state index contributed by atoms with van der Waals surface area (Å²) >= 11 is 7.46. The van der Waals surface area contributed by atoms with E-state index in [9.17, 15) is 17.6 Å². The van der Waals surface area contributed by atoms with Crippen LogP contribution in [-0.4, -0.2) is 19.3 Å². The van der Waals surface area contributed by atoms with E-state index in [1.807, 2.05) is 13.8 Å². The standard InChI is InChI=1S/C19H17ClFN3O3S2/c1-3-16-11(2)28-19(22-16)23-18(25)12-4-9-15(20)17(10-12)24-29(26,27)14-7-5-13(21)6-8-14/h4-10,24H,3H2,1-2H3,(H,22,23,25). The summed E-state index contributed by atoms with van der Waals surface area (Å²) in [5.41, 5.74) is 1.15. The molecule has 1 aromatic heterocycles. The van der Waals surface area contributed by atoms with E-state index in [0.29, 0.717) is 5.13 Å². The zero-order chi connectivity index (χ0) is 21.2. The lowest BCUT2D eigenvalue weighted by atomic mass is 10.2. The van der Waals surface area contributed by atoms with Gasteiger partial charge in [0.2, 0.25) is 0 Å². The van der Waals surface area contributed by atoms with Gasteiger partial charge >= 0.3 is 0 Å². The van der Waals surface area contributed by atoms with Crippen molar-refractivity contribution in [3.05, 3.63) is 69.4 Å². The molecule has 0 spiro atoms. The van der Waals surface area contributed by atoms with E-state index in [1.54, 1.807) is 0 Å². The molecule has 0 atom stereocenters. The smallest absolute Gasteiger partial charge is 0.261 e. The summed E-state index contributed by atoms with van der Waals surface area (Å²) in [4.78, 5) is 17.8. The van der Waals surface area contributed by atoms with Crippen LogP contribution in [0, 0.1) is 12.7 Å². The van der Waals surface area contributed by atoms with Gasteiger partial charge in [-0.1, -0.05) is 18.5 Å². The highest BCUT2D eigenvalue weighted by Crippen LogP contribution is 2.27. The van der Waals surface area contributed by atoms with Crippen molar-refractivity contribution in [3.63, 3.8) is 0 Å². The molecule has 3 rings (SSSR count). The largest absolute Gasteiger partial charge is 0.298 e. The number of carbonyl (C=O) groups is 1. The summed E-state index contributed by atoms with van der Waals surface area (Å²) in [5.74, 6) is -0.996. The molecule has 0 saturated carbocycles. The zero-order valence-electron chi connectivity index (χ0n) is 15.5. The van der Waals surface area contributed by atoms with E-state index in [4.69, 9.17) is 11.6 Å². The lowest BCUT2D eigenvalue weighted by Gasteiger charge is -2.11. The number of hydrogen-bond acceptors (Lipinski definition) is 5. The van der Waals surface area contributed by atoms with Crippen molar-refractivity contribution < 1.29 is 17.6 Å². The number of halogens is 2. The van der Waals surface area contributed by atoms with Crippen LogP contribution >= 0.6 is 22.9 Å². The number of carbonyl (C=O) groups excluding carboxylic acids is 1. The van der Waals surface area contributed by atoms with Gasteiger partial charge in [-0.2, -0.15) is 0 Å². The number of anilines is 2. The number of benzene rings is 2. The van der Waals surface area contributed by atoms with Crippen LogP contribution in [0.1, 0.15) is 27.9 Å². The third-order valence-corrected chi connectivity index (χ3v) is 6.68. The quantitative estimate of drug-likeness (QED) is 0.557. The third kappa shape index (κ3) is 4.92. The maximum absolute atomic E-state index is 13.1. The second kappa shape index (κ2) is 8.48. The van der Waals surface area contributed by atoms with E-state index in [-0.39, 0.29) is 21.2 Å². The van der Waals surface area contributed by atoms with Crippen LogP contribution < -0.4 is 10.0 Å². The van der Waals surface area contributed by atoms with Gasteiger partial charge in [-0.15, -0.1) is 11.3 Å². The van der Waals surface area contributed by atoms with Gasteiger partial charge in [0.15, 0.2) is 5.13 Å². The van der Waals surface area contributed by atoms with E-state index < -0.39 is 21.7 Å². The van der Waals surface area contributed by atoms with Crippen LogP contribution in [0.5, 0.6) is 0 Å². The van der Waals surface area contributed by atoms with Gasteiger partial charge < -0.3 is 0 Å². The summed E-state index contributed by atoms with van der Waals surface area (Å²) in [7, 11) is -4.00. The number of amides is 1. The van der Waals surface area contributed by atoms with Crippen LogP contribution in [0.2, 0.25) is 5.02 Å². The lowest BCUT2D eigenvalue weighted by Crippen LogP contribution is -2.15. The molecule has 0 saturated heterocycles. The fraction of sp³-hybridized carbons (Fsp3) is 0.158. The minimum atomic E-state index is -4.00. The van der Waals surface area contributed by atoms with Crippen molar-refractivity contribution in [2.24, 2.45) is 0 Å². The number of nitrogens with one attached hydrogen (secondary N) is 2. The van der Waals surface area contributed by atoms with Crippen molar-refractivity contribution in [2.75, 3.05) is 10.0 Å². The highest BCUT2D eigenvalue weighted by atomic mass is 35.5. The number of hydrogen-bond donors (Lipinski definition) is 2. The van der Waals surface area contributed by atoms with Crippen molar-refractivity contribution in [1.82, 2.24) is 4.98 Å². The molecule has 2 aromatic carbocycles. The van der Waals surface area contributed by atoms with Gasteiger partial charge in [-0.3, -0.25) is 14.8 Å². The van der Waals surface area contributed by atoms with Crippen LogP contribution in [-0.2, 0) is 16.4 Å². The highest BCUT2D eigenvalue weighted by Gasteiger charge is 2.18. The van der Waals surface area contributed by atoms with Gasteiger partial charge in [0.1, 0.15) is 5.82 Å². The highest BCUT2D eigenvalue weighted by molar-refractivity contribution is 7.92. The SMILES string of the molecule is CCc1nc(NC(=O)c2ccc(Cl)c(NS(=O)(=O)c3ccc(F)cc3)c2)sc1C. The number of sulfonamides is 1. The molecule has 0 bridgehead atoms. The molecule has 10 heteroatoms. The first-order chi connectivity index (χ1) is 13.7. The van der Waals surface area contributed by atoms with Gasteiger partial charge in [0.05, 0.1) is 21.3 Å². The Hall–Kier alpha value is -2.49. The maximum Gasteiger partial charge on any atom is 0.261 e. The normalized spacial score (nSPS) is 11.3. The molecule has 0 fully saturated rings. The van der Waals surface area contributed by atoms with E-state index in [0.717, 1.165) is 41.3 Å². The molecule has 0 aliphatic rings. The summed E-state index contributed by atoms with van der Waals surface area (Å²) < 4.78 is 40.4. The summed E-state index contributed by atoms with van der Waals surface area (Å²) in [6, 6.07) is 8.59. The summed E-state index contributed by atoms with van der Waals surface area (Å²) in [6.45, 7) is 3.91. The first kappa shape index (κ1) is 21.2. The molecule has 2 N–H and O–H groups in total. The first-order valence-electron chi connectivity index (χ1n) is 8.55. The second-order valence-corrected chi connectivity index (χ2v) is 9.38. The van der Waals surface area contributed by atoms with E-state index >= 15 is 0 Å². The molecular weight excluding hydrogens is 437 g/mol. The van der Waals surface area contributed by atoms with E-state index in [2.05, 4.69) is 15.0 Å². The van der Waals surface area contributed by atoms with Gasteiger partial charge in [-0.05, 0) is 55.8 Å². The maximum atomic E-state index is 13.1. The third-order valence-electron chi connectivity index (χ3n) is 4.04. The number of aryl methyl sites for hydroxylation is 2. The molecule has 29 heavy (non-hydrogen) atoms. The Bertz CT molecular complexity index is 1160. The minimum Gasteiger partial charge on any atom is -0.298 e. The van der Waals surface area contributed by atoms with Crippen molar-refractivity contribution in [1.29, 1.82) is 0 Å². The predicted octanol–water partition coefficient (Wildman–Crippen LogP) is 4.86. The van der Waals surface area contributed by atoms with E-state index in [1.165, 1.54) is 29.5 Å². The molecule has 152 valence electrons. The Balaban J connectivity index is 1.83. The Labute approximate surface area is 176 Å². The minimum absolute atomic E-state index is 0.0354. The fourth-order valence-electron chi connectivity index (χ4n) is 2.54. The molecule has 6 nitrogen and oxygen atoms in total. The van der Waals surface area contributed by atoms with Crippen molar-refractivity contribution >= 4 is 49.7 Å². The average molecular weight is 454 g/mol. The first-order valence-corrected chi connectivity index (χ1v) is 11.2. The number of aromatic nitrogens is 1. The Morgan fingerprint density at radius 1 is 1.21 bits per heavy atom. The average Bonchev–Trinajstić information content (AvgIpc) is 3.02.